The number of anilines is 2. The Balaban J connectivity index is 1.69. The van der Waals surface area contributed by atoms with Gasteiger partial charge in [-0.1, -0.05) is 12.5 Å². The van der Waals surface area contributed by atoms with Crippen LogP contribution in [0.1, 0.15) is 36.0 Å². The Bertz CT molecular complexity index is 1110. The van der Waals surface area contributed by atoms with Crippen molar-refractivity contribution < 1.29 is 9.21 Å². The first-order valence-corrected chi connectivity index (χ1v) is 11.2. The summed E-state index contributed by atoms with van der Waals surface area (Å²) >= 11 is 0. The monoisotopic (exact) mass is 450 g/mol. The van der Waals surface area contributed by atoms with Crippen molar-refractivity contribution in [1.29, 1.82) is 0 Å². The highest BCUT2D eigenvalue weighted by Crippen LogP contribution is 2.33. The maximum atomic E-state index is 12.1. The Morgan fingerprint density at radius 1 is 1.21 bits per heavy atom. The molecule has 1 aromatic carbocycles. The number of nitrogens with zero attached hydrogens (tertiary/aromatic N) is 5. The van der Waals surface area contributed by atoms with Crippen LogP contribution in [0.25, 0.3) is 11.5 Å². The van der Waals surface area contributed by atoms with Crippen molar-refractivity contribution in [1.82, 2.24) is 24.3 Å². The van der Waals surface area contributed by atoms with E-state index in [0.717, 1.165) is 24.1 Å². The molecule has 4 rings (SSSR count). The molecule has 1 amide bonds. The maximum absolute atomic E-state index is 12.1. The summed E-state index contributed by atoms with van der Waals surface area (Å²) in [5, 5.41) is 3.26. The number of hydrogen-bond donors (Lipinski definition) is 2. The van der Waals surface area contributed by atoms with E-state index in [1.54, 1.807) is 6.20 Å². The van der Waals surface area contributed by atoms with Crippen LogP contribution in [0, 0.1) is 0 Å². The Hall–Kier alpha value is -3.30. The highest BCUT2D eigenvalue weighted by Gasteiger charge is 2.42. The molecular formula is C24H32N7O2+. The highest BCUT2D eigenvalue weighted by molar-refractivity contribution is 5.98. The molecule has 33 heavy (non-hydrogen) atoms. The van der Waals surface area contributed by atoms with E-state index < -0.39 is 5.91 Å². The van der Waals surface area contributed by atoms with Crippen LogP contribution in [0.4, 0.5) is 17.5 Å². The van der Waals surface area contributed by atoms with Gasteiger partial charge in [0.05, 0.1) is 32.5 Å². The number of likely N-dealkylation sites (N-methyl/N-ethyl adjacent to an activating group) is 2. The van der Waals surface area contributed by atoms with Gasteiger partial charge >= 0.3 is 5.95 Å². The van der Waals surface area contributed by atoms with Gasteiger partial charge in [-0.2, -0.15) is 9.97 Å². The number of amides is 1. The lowest BCUT2D eigenvalue weighted by Crippen LogP contribution is -2.60. The Labute approximate surface area is 194 Å². The largest absolute Gasteiger partial charge is 0.445 e. The second-order valence-corrected chi connectivity index (χ2v) is 9.26. The summed E-state index contributed by atoms with van der Waals surface area (Å²) in [4.78, 5) is 28.0. The molecule has 2 aromatic heterocycles. The van der Waals surface area contributed by atoms with Crippen molar-refractivity contribution in [3.8, 4) is 11.5 Å². The molecular weight excluding hydrogens is 418 g/mol. The minimum Gasteiger partial charge on any atom is -0.445 e. The number of aromatic nitrogens is 3. The second kappa shape index (κ2) is 9.29. The lowest BCUT2D eigenvalue weighted by atomic mass is 9.87. The van der Waals surface area contributed by atoms with Gasteiger partial charge in [-0.15, -0.1) is 0 Å². The lowest BCUT2D eigenvalue weighted by molar-refractivity contribution is 0.0998. The molecule has 1 fully saturated rings. The van der Waals surface area contributed by atoms with E-state index in [0.29, 0.717) is 34.2 Å². The Kier molecular flexibility index (Phi) is 6.44. The molecule has 1 aliphatic carbocycles. The average Bonchev–Trinajstić information content (AvgIpc) is 3.34. The number of nitrogens with one attached hydrogen (secondary N) is 1. The van der Waals surface area contributed by atoms with Gasteiger partial charge < -0.3 is 20.4 Å². The minimum absolute atomic E-state index is 0.244. The summed E-state index contributed by atoms with van der Waals surface area (Å²) in [7, 11) is 8.54. The molecule has 2 unspecified atom stereocenters. The average molecular weight is 451 g/mol. The zero-order chi connectivity index (χ0) is 23.6. The molecule has 1 aliphatic rings. The maximum Gasteiger partial charge on any atom is 0.330 e. The molecule has 0 saturated heterocycles. The minimum atomic E-state index is -0.581. The SMILES string of the molecule is CN(C)C1CCCCC1[N+](C)(C)c1ncc(C(N)=O)c(Nc2cccc(-c3ncco3)c2)n1. The van der Waals surface area contributed by atoms with Crippen molar-refractivity contribution in [2.45, 2.75) is 37.8 Å². The number of quaternary nitrogens is 1. The van der Waals surface area contributed by atoms with Crippen molar-refractivity contribution in [3.63, 3.8) is 0 Å². The molecule has 0 spiro atoms. The molecule has 174 valence electrons. The Morgan fingerprint density at radius 2 is 2.00 bits per heavy atom. The van der Waals surface area contributed by atoms with Crippen molar-refractivity contribution in [2.75, 3.05) is 33.5 Å². The van der Waals surface area contributed by atoms with E-state index >= 15 is 0 Å². The standard InChI is InChI=1S/C24H31N7O2/c1-30(2)19-10-5-6-11-20(19)31(3,4)24-27-15-18(21(25)32)22(29-24)28-17-9-7-8-16(14-17)23-26-12-13-33-23/h7-9,12-15,19-20H,5-6,10-11H2,1-4H3,(H2-,25,27,28,29,32)/p+1. The van der Waals surface area contributed by atoms with E-state index in [4.69, 9.17) is 15.1 Å². The zero-order valence-corrected chi connectivity index (χ0v) is 19.7. The summed E-state index contributed by atoms with van der Waals surface area (Å²) < 4.78 is 5.92. The van der Waals surface area contributed by atoms with Crippen LogP contribution >= 0.6 is 0 Å². The molecule has 0 bridgehead atoms. The number of primary amides is 1. The number of rotatable bonds is 7. The molecule has 1 saturated carbocycles. The summed E-state index contributed by atoms with van der Waals surface area (Å²) in [5.41, 5.74) is 7.44. The van der Waals surface area contributed by atoms with Crippen LogP contribution < -0.4 is 15.5 Å². The van der Waals surface area contributed by atoms with Crippen molar-refractivity contribution in [3.05, 3.63) is 48.5 Å². The van der Waals surface area contributed by atoms with Gasteiger partial charge in [0.2, 0.25) is 5.89 Å². The summed E-state index contributed by atoms with van der Waals surface area (Å²) in [5.74, 6) is 0.967. The Morgan fingerprint density at radius 3 is 2.70 bits per heavy atom. The molecule has 3 aromatic rings. The normalized spacial score (nSPS) is 18.9. The quantitative estimate of drug-likeness (QED) is 0.531. The fourth-order valence-corrected chi connectivity index (χ4v) is 4.75. The predicted octanol–water partition coefficient (Wildman–Crippen LogP) is 3.41. The van der Waals surface area contributed by atoms with Gasteiger partial charge in [0.25, 0.3) is 5.91 Å². The smallest absolute Gasteiger partial charge is 0.330 e. The van der Waals surface area contributed by atoms with Gasteiger partial charge in [0.1, 0.15) is 17.9 Å². The van der Waals surface area contributed by atoms with E-state index in [1.807, 2.05) is 24.3 Å². The molecule has 2 atom stereocenters. The van der Waals surface area contributed by atoms with Crippen LogP contribution in [-0.4, -0.2) is 66.0 Å². The molecule has 9 heteroatoms. The number of carbonyl (C=O) groups is 1. The number of benzene rings is 1. The summed E-state index contributed by atoms with van der Waals surface area (Å²) in [6, 6.07) is 8.35. The van der Waals surface area contributed by atoms with Crippen molar-refractivity contribution >= 4 is 23.4 Å². The third kappa shape index (κ3) is 4.74. The molecule has 2 heterocycles. The van der Waals surface area contributed by atoms with Gasteiger partial charge in [-0.25, -0.2) is 4.98 Å². The van der Waals surface area contributed by atoms with Gasteiger partial charge in [0.15, 0.2) is 5.82 Å². The van der Waals surface area contributed by atoms with Crippen LogP contribution in [-0.2, 0) is 0 Å². The van der Waals surface area contributed by atoms with Gasteiger partial charge in [0, 0.05) is 17.7 Å². The molecule has 3 N–H and O–H groups in total. The van der Waals surface area contributed by atoms with Crippen LogP contribution in [0.15, 0.2) is 47.3 Å². The van der Waals surface area contributed by atoms with E-state index in [2.05, 4.69) is 48.4 Å². The van der Waals surface area contributed by atoms with Crippen LogP contribution in [0.3, 0.4) is 0 Å². The second-order valence-electron chi connectivity index (χ2n) is 9.26. The van der Waals surface area contributed by atoms with E-state index in [-0.39, 0.29) is 5.56 Å². The van der Waals surface area contributed by atoms with Gasteiger partial charge in [-0.3, -0.25) is 9.28 Å². The van der Waals surface area contributed by atoms with Crippen LogP contribution in [0.5, 0.6) is 0 Å². The summed E-state index contributed by atoms with van der Waals surface area (Å²) in [6.07, 6.45) is 9.32. The number of hydrogen-bond acceptors (Lipinski definition) is 7. The lowest BCUT2D eigenvalue weighted by Gasteiger charge is -2.44. The first-order chi connectivity index (χ1) is 15.8. The third-order valence-corrected chi connectivity index (χ3v) is 6.55. The molecule has 0 radical (unpaired) electrons. The van der Waals surface area contributed by atoms with Crippen LogP contribution in [0.2, 0.25) is 0 Å². The highest BCUT2D eigenvalue weighted by atomic mass is 16.3. The first-order valence-electron chi connectivity index (χ1n) is 11.2. The summed E-state index contributed by atoms with van der Waals surface area (Å²) in [6.45, 7) is 0. The zero-order valence-electron chi connectivity index (χ0n) is 19.7. The number of oxazole rings is 1. The molecule has 9 nitrogen and oxygen atoms in total. The van der Waals surface area contributed by atoms with E-state index in [1.165, 1.54) is 25.3 Å². The molecule has 0 aliphatic heterocycles. The fraction of sp³-hybridized carbons (Fsp3) is 0.417. The third-order valence-electron chi connectivity index (χ3n) is 6.55. The van der Waals surface area contributed by atoms with Crippen molar-refractivity contribution in [2.24, 2.45) is 5.73 Å². The predicted molar refractivity (Wildman–Crippen MR) is 129 cm³/mol. The number of carbonyl (C=O) groups excluding carboxylic acids is 1. The fourth-order valence-electron chi connectivity index (χ4n) is 4.75. The van der Waals surface area contributed by atoms with E-state index in [9.17, 15) is 4.79 Å². The topological polar surface area (TPSA) is 110 Å². The van der Waals surface area contributed by atoms with Gasteiger partial charge in [-0.05, 0) is 45.1 Å². The first kappa shape index (κ1) is 22.9. The number of nitrogens with two attached hydrogens (primary N) is 1.